The van der Waals surface area contributed by atoms with Crippen LogP contribution in [0.2, 0.25) is 0 Å². The number of rotatable bonds is 6. The van der Waals surface area contributed by atoms with E-state index in [1.807, 2.05) is 0 Å². The maximum absolute atomic E-state index is 11.3. The van der Waals surface area contributed by atoms with Gasteiger partial charge in [0.1, 0.15) is 11.3 Å². The first-order valence-electron chi connectivity index (χ1n) is 7.67. The molecule has 9 nitrogen and oxygen atoms in total. The number of nitro groups is 1. The number of primary amides is 1. The summed E-state index contributed by atoms with van der Waals surface area (Å²) in [7, 11) is 1.47. The van der Waals surface area contributed by atoms with Gasteiger partial charge in [-0.25, -0.2) is 0 Å². The van der Waals surface area contributed by atoms with Gasteiger partial charge in [-0.15, -0.1) is 0 Å². The predicted molar refractivity (Wildman–Crippen MR) is 89.3 cm³/mol. The second-order valence-electron chi connectivity index (χ2n) is 5.39. The number of nitrogens with two attached hydrogens (primary N) is 1. The zero-order valence-electron chi connectivity index (χ0n) is 13.8. The number of carbonyl (C=O) groups is 1. The third kappa shape index (κ3) is 3.58. The van der Waals surface area contributed by atoms with Crippen LogP contribution in [0, 0.1) is 10.1 Å². The van der Waals surface area contributed by atoms with Crippen LogP contribution in [0.15, 0.2) is 36.4 Å². The molecule has 136 valence electrons. The Labute approximate surface area is 148 Å². The van der Waals surface area contributed by atoms with Gasteiger partial charge in [0.2, 0.25) is 0 Å². The van der Waals surface area contributed by atoms with Crippen LogP contribution in [0.5, 0.6) is 17.2 Å². The molecule has 0 saturated carbocycles. The Morgan fingerprint density at radius 3 is 2.54 bits per heavy atom. The quantitative estimate of drug-likeness (QED) is 0.620. The summed E-state index contributed by atoms with van der Waals surface area (Å²) in [4.78, 5) is 21.7. The fourth-order valence-electron chi connectivity index (χ4n) is 2.53. The van der Waals surface area contributed by atoms with Crippen LogP contribution in [-0.4, -0.2) is 31.2 Å². The van der Waals surface area contributed by atoms with Crippen molar-refractivity contribution in [3.63, 3.8) is 0 Å². The van der Waals surface area contributed by atoms with Crippen LogP contribution in [0.3, 0.4) is 0 Å². The molecule has 1 aliphatic heterocycles. The molecule has 1 heterocycles. The van der Waals surface area contributed by atoms with Gasteiger partial charge in [-0.3, -0.25) is 14.9 Å². The second kappa shape index (κ2) is 7.38. The van der Waals surface area contributed by atoms with Crippen molar-refractivity contribution >= 4 is 11.6 Å². The summed E-state index contributed by atoms with van der Waals surface area (Å²) in [6.45, 7) is 1.03. The van der Waals surface area contributed by atoms with Gasteiger partial charge in [0, 0.05) is 5.56 Å². The summed E-state index contributed by atoms with van der Waals surface area (Å²) in [5, 5.41) is 11.1. The van der Waals surface area contributed by atoms with Crippen LogP contribution in [-0.2, 0) is 9.47 Å². The molecule has 26 heavy (non-hydrogen) atoms. The van der Waals surface area contributed by atoms with E-state index in [2.05, 4.69) is 0 Å². The van der Waals surface area contributed by atoms with Gasteiger partial charge in [-0.05, 0) is 30.3 Å². The molecule has 0 unspecified atom stereocenters. The number of hydrogen-bond donors (Lipinski definition) is 1. The lowest BCUT2D eigenvalue weighted by Crippen LogP contribution is -2.13. The molecule has 9 heteroatoms. The molecule has 0 atom stereocenters. The van der Waals surface area contributed by atoms with E-state index in [-0.39, 0.29) is 11.3 Å². The third-order valence-electron chi connectivity index (χ3n) is 3.74. The molecular weight excluding hydrogens is 344 g/mol. The van der Waals surface area contributed by atoms with Crippen molar-refractivity contribution in [1.29, 1.82) is 0 Å². The Balaban J connectivity index is 1.89. The smallest absolute Gasteiger partial charge is 0.285 e. The van der Waals surface area contributed by atoms with E-state index in [0.717, 1.165) is 11.6 Å². The van der Waals surface area contributed by atoms with E-state index in [1.165, 1.54) is 19.2 Å². The number of nitro benzene ring substituents is 1. The minimum Gasteiger partial charge on any atom is -0.493 e. The average molecular weight is 360 g/mol. The van der Waals surface area contributed by atoms with Gasteiger partial charge in [-0.2, -0.15) is 0 Å². The van der Waals surface area contributed by atoms with E-state index >= 15 is 0 Å². The maximum Gasteiger partial charge on any atom is 0.285 e. The van der Waals surface area contributed by atoms with Crippen molar-refractivity contribution in [2.75, 3.05) is 20.3 Å². The van der Waals surface area contributed by atoms with E-state index in [4.69, 9.17) is 24.7 Å². The van der Waals surface area contributed by atoms with Crippen molar-refractivity contribution in [1.82, 2.24) is 0 Å². The van der Waals surface area contributed by atoms with Gasteiger partial charge in [-0.1, -0.05) is 0 Å². The molecule has 1 aliphatic rings. The number of benzene rings is 2. The van der Waals surface area contributed by atoms with Gasteiger partial charge in [0.25, 0.3) is 11.6 Å². The standard InChI is InChI=1S/C17H16N2O7/c1-23-15-8-10(17-24-6-7-25-17)2-5-14(15)26-11-3-4-12(16(18)20)13(9-11)19(21)22/h2-5,8-9,17H,6-7H2,1H3,(H2,18,20). The van der Waals surface area contributed by atoms with Crippen LogP contribution < -0.4 is 15.2 Å². The first-order chi connectivity index (χ1) is 12.5. The van der Waals surface area contributed by atoms with E-state index in [1.54, 1.807) is 18.2 Å². The lowest BCUT2D eigenvalue weighted by atomic mass is 10.1. The van der Waals surface area contributed by atoms with Crippen molar-refractivity contribution < 1.29 is 28.7 Å². The number of amides is 1. The number of carbonyl (C=O) groups excluding carboxylic acids is 1. The predicted octanol–water partition coefficient (Wildman–Crippen LogP) is 2.54. The molecule has 0 spiro atoms. The minimum absolute atomic E-state index is 0.168. The molecule has 2 aromatic rings. The molecule has 0 radical (unpaired) electrons. The molecule has 2 N–H and O–H groups in total. The number of nitrogens with zero attached hydrogens (tertiary/aromatic N) is 1. The number of hydrogen-bond acceptors (Lipinski definition) is 7. The second-order valence-corrected chi connectivity index (χ2v) is 5.39. The summed E-state index contributed by atoms with van der Waals surface area (Å²) < 4.78 is 21.9. The molecule has 0 bridgehead atoms. The lowest BCUT2D eigenvalue weighted by Gasteiger charge is -2.14. The topological polar surface area (TPSA) is 123 Å². The molecule has 0 aliphatic carbocycles. The highest BCUT2D eigenvalue weighted by Gasteiger charge is 2.22. The molecule has 0 aromatic heterocycles. The average Bonchev–Trinajstić information content (AvgIpc) is 3.16. The highest BCUT2D eigenvalue weighted by atomic mass is 16.7. The van der Waals surface area contributed by atoms with Crippen LogP contribution in [0.25, 0.3) is 0 Å². The van der Waals surface area contributed by atoms with Gasteiger partial charge in [0.05, 0.1) is 31.3 Å². The molecule has 3 rings (SSSR count). The highest BCUT2D eigenvalue weighted by molar-refractivity contribution is 5.97. The Hall–Kier alpha value is -3.17. The fourth-order valence-corrected chi connectivity index (χ4v) is 2.53. The van der Waals surface area contributed by atoms with Crippen LogP contribution in [0.4, 0.5) is 5.69 Å². The third-order valence-corrected chi connectivity index (χ3v) is 3.74. The minimum atomic E-state index is -0.887. The van der Waals surface area contributed by atoms with Gasteiger partial charge in [0.15, 0.2) is 17.8 Å². The Morgan fingerprint density at radius 1 is 1.19 bits per heavy atom. The first kappa shape index (κ1) is 17.6. The zero-order chi connectivity index (χ0) is 18.7. The summed E-state index contributed by atoms with van der Waals surface area (Å²) in [6, 6.07) is 8.90. The maximum atomic E-state index is 11.3. The molecule has 1 fully saturated rings. The molecule has 1 saturated heterocycles. The fraction of sp³-hybridized carbons (Fsp3) is 0.235. The van der Waals surface area contributed by atoms with E-state index < -0.39 is 22.8 Å². The summed E-state index contributed by atoms with van der Waals surface area (Å²) in [5.41, 5.74) is 5.29. The Bertz CT molecular complexity index is 847. The van der Waals surface area contributed by atoms with Crippen molar-refractivity contribution in [2.24, 2.45) is 5.73 Å². The van der Waals surface area contributed by atoms with Crippen molar-refractivity contribution in [3.05, 3.63) is 57.6 Å². The van der Waals surface area contributed by atoms with Crippen LogP contribution in [0.1, 0.15) is 22.2 Å². The van der Waals surface area contributed by atoms with Crippen LogP contribution >= 0.6 is 0 Å². The number of methoxy groups -OCH3 is 1. The monoisotopic (exact) mass is 360 g/mol. The molecule has 1 amide bonds. The van der Waals surface area contributed by atoms with Gasteiger partial charge < -0.3 is 24.7 Å². The normalized spacial score (nSPS) is 14.2. The number of ether oxygens (including phenoxy) is 4. The summed E-state index contributed by atoms with van der Waals surface area (Å²) in [6.07, 6.45) is -0.464. The van der Waals surface area contributed by atoms with E-state index in [9.17, 15) is 14.9 Å². The largest absolute Gasteiger partial charge is 0.493 e. The molecular formula is C17H16N2O7. The van der Waals surface area contributed by atoms with Crippen molar-refractivity contribution in [2.45, 2.75) is 6.29 Å². The Morgan fingerprint density at radius 2 is 1.92 bits per heavy atom. The molecule has 2 aromatic carbocycles. The first-order valence-corrected chi connectivity index (χ1v) is 7.67. The Kier molecular flexibility index (Phi) is 5.01. The zero-order valence-corrected chi connectivity index (χ0v) is 13.8. The van der Waals surface area contributed by atoms with Crippen molar-refractivity contribution in [3.8, 4) is 17.2 Å². The van der Waals surface area contributed by atoms with Gasteiger partial charge >= 0.3 is 0 Å². The highest BCUT2D eigenvalue weighted by Crippen LogP contribution is 2.36. The lowest BCUT2D eigenvalue weighted by molar-refractivity contribution is -0.385. The summed E-state index contributed by atoms with van der Waals surface area (Å²) >= 11 is 0. The summed E-state index contributed by atoms with van der Waals surface area (Å²) in [5.74, 6) is 0.0291. The van der Waals surface area contributed by atoms with E-state index in [0.29, 0.717) is 24.7 Å². The SMILES string of the molecule is COc1cc(C2OCCO2)ccc1Oc1ccc(C(N)=O)c([N+](=O)[O-])c1.